The number of alkyl halides is 1. The zero-order valence-electron chi connectivity index (χ0n) is 19.3. The lowest BCUT2D eigenvalue weighted by atomic mass is 9.81. The van der Waals surface area contributed by atoms with Crippen LogP contribution in [-0.4, -0.2) is 39.9 Å². The molecule has 0 amide bonds. The van der Waals surface area contributed by atoms with Crippen LogP contribution in [0.1, 0.15) is 35.8 Å². The van der Waals surface area contributed by atoms with Crippen LogP contribution in [0, 0.1) is 0 Å². The van der Waals surface area contributed by atoms with Crippen LogP contribution in [0.5, 0.6) is 5.75 Å². The van der Waals surface area contributed by atoms with E-state index >= 15 is 0 Å². The second-order valence-electron chi connectivity index (χ2n) is 8.50. The lowest BCUT2D eigenvalue weighted by molar-refractivity contribution is 0.197. The Morgan fingerprint density at radius 2 is 1.76 bits per heavy atom. The van der Waals surface area contributed by atoms with E-state index in [1.165, 1.54) is 10.4 Å². The van der Waals surface area contributed by atoms with E-state index in [0.717, 1.165) is 50.3 Å². The molecule has 3 aromatic rings. The highest BCUT2D eigenvalue weighted by atomic mass is 32.1. The average Bonchev–Trinajstić information content (AvgIpc) is 3.42. The molecule has 2 N–H and O–H groups in total. The highest BCUT2D eigenvalue weighted by Gasteiger charge is 2.35. The largest absolute Gasteiger partial charge is 0.483 e. The molecule has 0 saturated carbocycles. The second-order valence-corrected chi connectivity index (χ2v) is 9.48. The minimum Gasteiger partial charge on any atom is -0.483 e. The molecule has 1 aliphatic heterocycles. The fourth-order valence-electron chi connectivity index (χ4n) is 4.70. The van der Waals surface area contributed by atoms with E-state index in [4.69, 9.17) is 4.74 Å². The molecule has 4 nitrogen and oxygen atoms in total. The number of hydrogen-bond acceptors (Lipinski definition) is 5. The van der Waals surface area contributed by atoms with Gasteiger partial charge in [-0.3, -0.25) is 0 Å². The molecule has 2 aromatic carbocycles. The molecule has 1 fully saturated rings. The van der Waals surface area contributed by atoms with Gasteiger partial charge in [-0.25, -0.2) is 4.39 Å². The van der Waals surface area contributed by atoms with Crippen LogP contribution in [0.15, 0.2) is 72.1 Å². The number of nitrogens with one attached hydrogen (secondary N) is 2. The van der Waals surface area contributed by atoms with Crippen molar-refractivity contribution < 1.29 is 9.13 Å². The summed E-state index contributed by atoms with van der Waals surface area (Å²) in [6.45, 7) is 2.67. The maximum Gasteiger partial charge on any atom is 0.143 e. The lowest BCUT2D eigenvalue weighted by Gasteiger charge is -2.43. The number of nitrogens with zero attached hydrogens (tertiary/aromatic N) is 1. The first-order valence-electron chi connectivity index (χ1n) is 11.8. The SMILES string of the molecule is CNC1(c2ccccc2)CCN(c2ccccc2O[C@H](CCNCCF)c2cccs2)CC1. The molecule has 0 radical (unpaired) electrons. The third-order valence-electron chi connectivity index (χ3n) is 6.61. The molecule has 4 rings (SSSR count). The van der Waals surface area contributed by atoms with Crippen molar-refractivity contribution in [2.24, 2.45) is 0 Å². The number of benzene rings is 2. The molecule has 6 heteroatoms. The van der Waals surface area contributed by atoms with Gasteiger partial charge in [0.2, 0.25) is 0 Å². The molecule has 176 valence electrons. The minimum atomic E-state index is -0.348. The van der Waals surface area contributed by atoms with Crippen molar-refractivity contribution in [1.82, 2.24) is 10.6 Å². The molecule has 1 saturated heterocycles. The Morgan fingerprint density at radius 1 is 1.00 bits per heavy atom. The molecule has 1 aromatic heterocycles. The molecular formula is C27H34FN3OS. The summed E-state index contributed by atoms with van der Waals surface area (Å²) >= 11 is 1.71. The standard InChI is InChI=1S/C27H34FN3OS/c1-29-27(22-8-3-2-4-9-22)14-19-31(20-15-27)23-10-5-6-11-24(23)32-25(13-17-30-18-16-28)26-12-7-21-33-26/h2-12,21,25,29-30H,13-20H2,1H3/t25-/m1/s1. The van der Waals surface area contributed by atoms with Crippen molar-refractivity contribution in [2.45, 2.75) is 30.9 Å². The topological polar surface area (TPSA) is 36.5 Å². The Kier molecular flexibility index (Phi) is 8.37. The number of para-hydroxylation sites is 2. The molecule has 0 aliphatic carbocycles. The van der Waals surface area contributed by atoms with E-state index in [1.807, 2.05) is 6.07 Å². The van der Waals surface area contributed by atoms with Crippen molar-refractivity contribution in [3.8, 4) is 5.75 Å². The summed E-state index contributed by atoms with van der Waals surface area (Å²) in [4.78, 5) is 3.64. The van der Waals surface area contributed by atoms with Crippen molar-refractivity contribution >= 4 is 17.0 Å². The van der Waals surface area contributed by atoms with Gasteiger partial charge in [0.15, 0.2) is 0 Å². The van der Waals surface area contributed by atoms with Crippen molar-refractivity contribution in [2.75, 3.05) is 44.8 Å². The Bertz CT molecular complexity index is 959. The Labute approximate surface area is 200 Å². The van der Waals surface area contributed by atoms with Gasteiger partial charge in [-0.15, -0.1) is 11.3 Å². The number of piperidine rings is 1. The van der Waals surface area contributed by atoms with Crippen molar-refractivity contribution in [1.29, 1.82) is 0 Å². The quantitative estimate of drug-likeness (QED) is 0.364. The number of rotatable bonds is 11. The van der Waals surface area contributed by atoms with Crippen LogP contribution in [-0.2, 0) is 5.54 Å². The first-order chi connectivity index (χ1) is 16.3. The zero-order chi connectivity index (χ0) is 22.9. The first kappa shape index (κ1) is 23.7. The Balaban J connectivity index is 1.48. The summed E-state index contributed by atoms with van der Waals surface area (Å²) in [6, 6.07) is 23.3. The molecule has 1 aliphatic rings. The van der Waals surface area contributed by atoms with Gasteiger partial charge in [0.25, 0.3) is 0 Å². The molecule has 2 heterocycles. The maximum atomic E-state index is 12.5. The van der Waals surface area contributed by atoms with Gasteiger partial charge in [0.1, 0.15) is 18.5 Å². The minimum absolute atomic E-state index is 0.00908. The van der Waals surface area contributed by atoms with Gasteiger partial charge in [-0.1, -0.05) is 48.5 Å². The third kappa shape index (κ3) is 5.75. The number of thiophene rings is 1. The Hall–Kier alpha value is -2.41. The van der Waals surface area contributed by atoms with Crippen LogP contribution in [0.3, 0.4) is 0 Å². The zero-order valence-corrected chi connectivity index (χ0v) is 20.1. The van der Waals surface area contributed by atoms with Gasteiger partial charge >= 0.3 is 0 Å². The molecular weight excluding hydrogens is 433 g/mol. The highest BCUT2D eigenvalue weighted by Crippen LogP contribution is 2.39. The summed E-state index contributed by atoms with van der Waals surface area (Å²) in [5, 5.41) is 8.85. The molecule has 0 bridgehead atoms. The summed E-state index contributed by atoms with van der Waals surface area (Å²) in [5.74, 6) is 0.915. The smallest absolute Gasteiger partial charge is 0.143 e. The van der Waals surface area contributed by atoms with Crippen molar-refractivity contribution in [3.63, 3.8) is 0 Å². The van der Waals surface area contributed by atoms with Crippen LogP contribution >= 0.6 is 11.3 Å². The highest BCUT2D eigenvalue weighted by molar-refractivity contribution is 7.10. The van der Waals surface area contributed by atoms with Crippen LogP contribution < -0.4 is 20.3 Å². The van der Waals surface area contributed by atoms with Gasteiger partial charge in [0, 0.05) is 36.5 Å². The Morgan fingerprint density at radius 3 is 2.45 bits per heavy atom. The van der Waals surface area contributed by atoms with Crippen LogP contribution in [0.25, 0.3) is 0 Å². The van der Waals surface area contributed by atoms with Crippen molar-refractivity contribution in [3.05, 3.63) is 82.6 Å². The monoisotopic (exact) mass is 467 g/mol. The first-order valence-corrected chi connectivity index (χ1v) is 12.7. The second kappa shape index (κ2) is 11.6. The summed E-state index contributed by atoms with van der Waals surface area (Å²) < 4.78 is 19.1. The van der Waals surface area contributed by atoms with Gasteiger partial charge in [-0.2, -0.15) is 0 Å². The van der Waals surface area contributed by atoms with Gasteiger partial charge in [-0.05, 0) is 55.6 Å². The third-order valence-corrected chi connectivity index (χ3v) is 7.58. The molecule has 33 heavy (non-hydrogen) atoms. The summed E-state index contributed by atoms with van der Waals surface area (Å²) in [6.07, 6.45) is 2.81. The lowest BCUT2D eigenvalue weighted by Crippen LogP contribution is -2.50. The van der Waals surface area contributed by atoms with Crippen LogP contribution in [0.4, 0.5) is 10.1 Å². The number of hydrogen-bond donors (Lipinski definition) is 2. The molecule has 0 unspecified atom stereocenters. The van der Waals surface area contributed by atoms with E-state index < -0.39 is 0 Å². The van der Waals surface area contributed by atoms with E-state index in [-0.39, 0.29) is 18.3 Å². The molecule has 1 atom stereocenters. The number of ether oxygens (including phenoxy) is 1. The van der Waals surface area contributed by atoms with Gasteiger partial charge in [0.05, 0.1) is 5.69 Å². The maximum absolute atomic E-state index is 12.5. The van der Waals surface area contributed by atoms with Gasteiger partial charge < -0.3 is 20.3 Å². The fraction of sp³-hybridized carbons (Fsp3) is 0.407. The molecule has 0 spiro atoms. The van der Waals surface area contributed by atoms with E-state index in [1.54, 1.807) is 11.3 Å². The summed E-state index contributed by atoms with van der Waals surface area (Å²) in [5.41, 5.74) is 2.51. The normalized spacial score (nSPS) is 16.5. The average molecular weight is 468 g/mol. The number of anilines is 1. The fourth-order valence-corrected chi connectivity index (χ4v) is 5.49. The summed E-state index contributed by atoms with van der Waals surface area (Å²) in [7, 11) is 2.07. The predicted molar refractivity (Wildman–Crippen MR) is 136 cm³/mol. The number of halogens is 1. The van der Waals surface area contributed by atoms with E-state index in [9.17, 15) is 4.39 Å². The van der Waals surface area contributed by atoms with E-state index in [2.05, 4.69) is 88.6 Å². The van der Waals surface area contributed by atoms with E-state index in [0.29, 0.717) is 6.54 Å². The predicted octanol–water partition coefficient (Wildman–Crippen LogP) is 5.53. The van der Waals surface area contributed by atoms with Crippen LogP contribution in [0.2, 0.25) is 0 Å².